The molecule has 0 aliphatic heterocycles. The second-order valence-corrected chi connectivity index (χ2v) is 4.77. The lowest BCUT2D eigenvalue weighted by atomic mass is 10.2. The molecule has 0 radical (unpaired) electrons. The van der Waals surface area contributed by atoms with Gasteiger partial charge in [0.15, 0.2) is 0 Å². The normalized spacial score (nSPS) is 11.1. The molecule has 0 saturated heterocycles. The van der Waals surface area contributed by atoms with Gasteiger partial charge in [-0.25, -0.2) is 8.78 Å². The van der Waals surface area contributed by atoms with Crippen molar-refractivity contribution in [1.29, 1.82) is 0 Å². The van der Waals surface area contributed by atoms with Crippen LogP contribution >= 0.6 is 11.6 Å². The largest absolute Gasteiger partial charge is 0.343 e. The average Bonchev–Trinajstić information content (AvgIpc) is 2.77. The van der Waals surface area contributed by atoms with E-state index in [0.29, 0.717) is 12.1 Å². The molecule has 3 aromatic rings. The van der Waals surface area contributed by atoms with Crippen LogP contribution in [0.4, 0.5) is 8.78 Å². The molecule has 2 aromatic carbocycles. The van der Waals surface area contributed by atoms with Crippen LogP contribution in [0.2, 0.25) is 5.02 Å². The van der Waals surface area contributed by atoms with Gasteiger partial charge in [0.05, 0.1) is 11.6 Å². The van der Waals surface area contributed by atoms with Crippen molar-refractivity contribution in [2.45, 2.75) is 6.54 Å². The molecule has 0 bridgehead atoms. The zero-order chi connectivity index (χ0) is 13.4. The zero-order valence-corrected chi connectivity index (χ0v) is 10.7. The lowest BCUT2D eigenvalue weighted by Crippen LogP contribution is -2.00. The molecule has 0 aliphatic rings. The van der Waals surface area contributed by atoms with Crippen LogP contribution in [-0.4, -0.2) is 4.57 Å². The fourth-order valence-corrected chi connectivity index (χ4v) is 2.36. The molecule has 0 fully saturated rings. The minimum atomic E-state index is -0.409. The van der Waals surface area contributed by atoms with Crippen LogP contribution in [0, 0.1) is 11.6 Å². The third-order valence-corrected chi connectivity index (χ3v) is 3.40. The summed E-state index contributed by atoms with van der Waals surface area (Å²) in [4.78, 5) is 0. The van der Waals surface area contributed by atoms with E-state index in [2.05, 4.69) is 0 Å². The predicted octanol–water partition coefficient (Wildman–Crippen LogP) is 4.62. The van der Waals surface area contributed by atoms with E-state index in [4.69, 9.17) is 11.6 Å². The van der Waals surface area contributed by atoms with E-state index in [1.54, 1.807) is 24.3 Å². The van der Waals surface area contributed by atoms with E-state index in [9.17, 15) is 8.78 Å². The van der Waals surface area contributed by atoms with E-state index in [0.717, 1.165) is 10.9 Å². The van der Waals surface area contributed by atoms with Gasteiger partial charge in [-0.15, -0.1) is 0 Å². The molecule has 1 aromatic heterocycles. The van der Waals surface area contributed by atoms with Gasteiger partial charge in [-0.1, -0.05) is 23.7 Å². The van der Waals surface area contributed by atoms with Crippen LogP contribution in [0.25, 0.3) is 10.9 Å². The van der Waals surface area contributed by atoms with E-state index in [-0.39, 0.29) is 10.8 Å². The molecule has 0 unspecified atom stereocenters. The molecule has 0 atom stereocenters. The number of fused-ring (bicyclic) bond motifs is 1. The number of benzene rings is 2. The Bertz CT molecular complexity index is 749. The first kappa shape index (κ1) is 12.2. The number of aromatic nitrogens is 1. The summed E-state index contributed by atoms with van der Waals surface area (Å²) in [5, 5.41) is 0.905. The molecular formula is C15H10ClF2N. The van der Waals surface area contributed by atoms with Gasteiger partial charge in [-0.05, 0) is 30.3 Å². The molecule has 1 heterocycles. The lowest BCUT2D eigenvalue weighted by molar-refractivity contribution is 0.602. The van der Waals surface area contributed by atoms with Crippen LogP contribution in [-0.2, 0) is 6.54 Å². The first-order valence-electron chi connectivity index (χ1n) is 5.82. The molecule has 19 heavy (non-hydrogen) atoms. The Morgan fingerprint density at radius 2 is 1.89 bits per heavy atom. The van der Waals surface area contributed by atoms with Gasteiger partial charge in [0, 0.05) is 22.7 Å². The van der Waals surface area contributed by atoms with Crippen LogP contribution in [0.15, 0.2) is 48.7 Å². The fourth-order valence-electron chi connectivity index (χ4n) is 2.16. The van der Waals surface area contributed by atoms with E-state index in [1.165, 1.54) is 18.2 Å². The molecule has 0 aliphatic carbocycles. The number of nitrogens with zero attached hydrogens (tertiary/aromatic N) is 1. The Kier molecular flexibility index (Phi) is 2.99. The van der Waals surface area contributed by atoms with Crippen molar-refractivity contribution in [2.75, 3.05) is 0 Å². The van der Waals surface area contributed by atoms with E-state index >= 15 is 0 Å². The SMILES string of the molecule is Fc1ccc2c(ccn2Cc2cccc(Cl)c2F)c1. The van der Waals surface area contributed by atoms with Crippen molar-refractivity contribution in [3.63, 3.8) is 0 Å². The van der Waals surface area contributed by atoms with Crippen LogP contribution in [0.5, 0.6) is 0 Å². The average molecular weight is 278 g/mol. The number of hydrogen-bond donors (Lipinski definition) is 0. The Morgan fingerprint density at radius 3 is 2.74 bits per heavy atom. The summed E-state index contributed by atoms with van der Waals surface area (Å²) in [5.41, 5.74) is 1.37. The van der Waals surface area contributed by atoms with Gasteiger partial charge >= 0.3 is 0 Å². The third kappa shape index (κ3) is 2.22. The summed E-state index contributed by atoms with van der Waals surface area (Å²) >= 11 is 5.76. The molecular weight excluding hydrogens is 268 g/mol. The van der Waals surface area contributed by atoms with Gasteiger partial charge < -0.3 is 4.57 Å². The molecule has 0 spiro atoms. The highest BCUT2D eigenvalue weighted by molar-refractivity contribution is 6.30. The summed E-state index contributed by atoms with van der Waals surface area (Å²) in [5.74, 6) is -0.688. The van der Waals surface area contributed by atoms with Crippen molar-refractivity contribution in [1.82, 2.24) is 4.57 Å². The fraction of sp³-hybridized carbons (Fsp3) is 0.0667. The van der Waals surface area contributed by atoms with E-state index in [1.807, 2.05) is 10.8 Å². The second-order valence-electron chi connectivity index (χ2n) is 4.36. The van der Waals surface area contributed by atoms with E-state index < -0.39 is 5.82 Å². The van der Waals surface area contributed by atoms with Crippen molar-refractivity contribution >= 4 is 22.5 Å². The quantitative estimate of drug-likeness (QED) is 0.644. The van der Waals surface area contributed by atoms with Gasteiger partial charge in [0.25, 0.3) is 0 Å². The highest BCUT2D eigenvalue weighted by Gasteiger charge is 2.08. The molecule has 0 amide bonds. The molecule has 4 heteroatoms. The standard InChI is InChI=1S/C15H10ClF2N/c16-13-3-1-2-11(15(13)18)9-19-7-6-10-8-12(17)4-5-14(10)19/h1-8H,9H2. The van der Waals surface area contributed by atoms with Crippen LogP contribution < -0.4 is 0 Å². The predicted molar refractivity (Wildman–Crippen MR) is 72.4 cm³/mol. The summed E-state index contributed by atoms with van der Waals surface area (Å²) in [6, 6.07) is 11.3. The summed E-state index contributed by atoms with van der Waals surface area (Å²) in [6.45, 7) is 0.363. The van der Waals surface area contributed by atoms with Gasteiger partial charge in [-0.2, -0.15) is 0 Å². The van der Waals surface area contributed by atoms with Crippen LogP contribution in [0.1, 0.15) is 5.56 Å². The highest BCUT2D eigenvalue weighted by atomic mass is 35.5. The van der Waals surface area contributed by atoms with Gasteiger partial charge in [0.2, 0.25) is 0 Å². The topological polar surface area (TPSA) is 4.93 Å². The molecule has 3 rings (SSSR count). The summed E-state index contributed by atoms with van der Waals surface area (Å²) in [6.07, 6.45) is 1.81. The molecule has 0 saturated carbocycles. The monoisotopic (exact) mass is 277 g/mol. The summed E-state index contributed by atoms with van der Waals surface area (Å²) < 4.78 is 28.8. The third-order valence-electron chi connectivity index (χ3n) is 3.11. The van der Waals surface area contributed by atoms with Crippen molar-refractivity contribution in [3.8, 4) is 0 Å². The summed E-state index contributed by atoms with van der Waals surface area (Å²) in [7, 11) is 0. The second kappa shape index (κ2) is 4.67. The number of hydrogen-bond acceptors (Lipinski definition) is 0. The van der Waals surface area contributed by atoms with Gasteiger partial charge in [0.1, 0.15) is 11.6 Å². The first-order chi connectivity index (χ1) is 9.15. The highest BCUT2D eigenvalue weighted by Crippen LogP contribution is 2.22. The molecule has 1 nitrogen and oxygen atoms in total. The Morgan fingerprint density at radius 1 is 1.05 bits per heavy atom. The molecule has 96 valence electrons. The molecule has 0 N–H and O–H groups in total. The first-order valence-corrected chi connectivity index (χ1v) is 6.20. The maximum absolute atomic E-state index is 13.9. The van der Waals surface area contributed by atoms with Crippen LogP contribution in [0.3, 0.4) is 0 Å². The zero-order valence-electron chi connectivity index (χ0n) is 9.91. The maximum atomic E-state index is 13.9. The Hall–Kier alpha value is -1.87. The number of halogens is 3. The van der Waals surface area contributed by atoms with Crippen molar-refractivity contribution in [3.05, 3.63) is 70.9 Å². The Balaban J connectivity index is 2.04. The van der Waals surface area contributed by atoms with Gasteiger partial charge in [-0.3, -0.25) is 0 Å². The maximum Gasteiger partial charge on any atom is 0.146 e. The smallest absolute Gasteiger partial charge is 0.146 e. The van der Waals surface area contributed by atoms with Crippen molar-refractivity contribution in [2.24, 2.45) is 0 Å². The minimum absolute atomic E-state index is 0.111. The van der Waals surface area contributed by atoms with Crippen molar-refractivity contribution < 1.29 is 8.78 Å². The number of rotatable bonds is 2. The minimum Gasteiger partial charge on any atom is -0.343 e. The lowest BCUT2D eigenvalue weighted by Gasteiger charge is -2.07. The Labute approximate surface area is 114 Å².